The van der Waals surface area contributed by atoms with Crippen molar-refractivity contribution in [1.29, 1.82) is 5.26 Å². The molecular formula is C20H21ClN2O4. The third-order valence-electron chi connectivity index (χ3n) is 3.97. The summed E-state index contributed by atoms with van der Waals surface area (Å²) in [4.78, 5) is 14.2. The molecule has 2 aromatic carbocycles. The zero-order chi connectivity index (χ0) is 19.8. The molecule has 7 heteroatoms. The topological polar surface area (TPSA) is 71.8 Å². The monoisotopic (exact) mass is 388 g/mol. The van der Waals surface area contributed by atoms with E-state index >= 15 is 0 Å². The first kappa shape index (κ1) is 20.4. The molecule has 0 N–H and O–H groups in total. The minimum absolute atomic E-state index is 0.146. The second kappa shape index (κ2) is 9.70. The van der Waals surface area contributed by atoms with Crippen LogP contribution >= 0.6 is 11.6 Å². The van der Waals surface area contributed by atoms with E-state index < -0.39 is 0 Å². The number of ether oxygens (including phenoxy) is 3. The van der Waals surface area contributed by atoms with Crippen molar-refractivity contribution >= 4 is 17.5 Å². The van der Waals surface area contributed by atoms with Crippen molar-refractivity contribution in [1.82, 2.24) is 4.90 Å². The summed E-state index contributed by atoms with van der Waals surface area (Å²) in [5.41, 5.74) is 1.35. The molecule has 0 fully saturated rings. The summed E-state index contributed by atoms with van der Waals surface area (Å²) < 4.78 is 16.0. The normalized spacial score (nSPS) is 10.0. The van der Waals surface area contributed by atoms with Gasteiger partial charge in [-0.1, -0.05) is 17.7 Å². The number of benzene rings is 2. The van der Waals surface area contributed by atoms with Crippen molar-refractivity contribution < 1.29 is 19.0 Å². The van der Waals surface area contributed by atoms with Gasteiger partial charge in [-0.25, -0.2) is 0 Å². The van der Waals surface area contributed by atoms with Crippen molar-refractivity contribution in [3.8, 4) is 23.3 Å². The maximum Gasteiger partial charge on any atom is 0.260 e. The van der Waals surface area contributed by atoms with Gasteiger partial charge in [0.2, 0.25) is 0 Å². The Bertz CT molecular complexity index is 848. The molecule has 0 bridgehead atoms. The molecule has 2 rings (SSSR count). The van der Waals surface area contributed by atoms with Gasteiger partial charge in [0.05, 0.1) is 30.9 Å². The Hall–Kier alpha value is -2.91. The lowest BCUT2D eigenvalue weighted by atomic mass is 10.2. The van der Waals surface area contributed by atoms with Crippen molar-refractivity contribution in [2.75, 3.05) is 27.4 Å². The van der Waals surface area contributed by atoms with Crippen LogP contribution in [0.4, 0.5) is 0 Å². The summed E-state index contributed by atoms with van der Waals surface area (Å²) >= 11 is 6.07. The molecule has 0 saturated carbocycles. The molecule has 0 unspecified atom stereocenters. The van der Waals surface area contributed by atoms with Gasteiger partial charge in [0, 0.05) is 13.1 Å². The van der Waals surface area contributed by atoms with Crippen LogP contribution in [0.2, 0.25) is 5.02 Å². The Labute approximate surface area is 163 Å². The van der Waals surface area contributed by atoms with E-state index in [1.54, 1.807) is 37.3 Å². The Kier molecular flexibility index (Phi) is 7.33. The summed E-state index contributed by atoms with van der Waals surface area (Å²) in [6, 6.07) is 12.2. The second-order valence-corrected chi connectivity index (χ2v) is 6.05. The van der Waals surface area contributed by atoms with Gasteiger partial charge >= 0.3 is 0 Å². The lowest BCUT2D eigenvalue weighted by Gasteiger charge is -2.22. The number of methoxy groups -OCH3 is 2. The highest BCUT2D eigenvalue weighted by Crippen LogP contribution is 2.28. The van der Waals surface area contributed by atoms with Crippen LogP contribution in [0.15, 0.2) is 36.4 Å². The highest BCUT2D eigenvalue weighted by atomic mass is 35.5. The van der Waals surface area contributed by atoms with Crippen molar-refractivity contribution in [2.45, 2.75) is 13.5 Å². The van der Waals surface area contributed by atoms with Crippen LogP contribution in [-0.2, 0) is 11.3 Å². The number of carbonyl (C=O) groups is 1. The smallest absolute Gasteiger partial charge is 0.260 e. The van der Waals surface area contributed by atoms with Gasteiger partial charge < -0.3 is 19.1 Å². The van der Waals surface area contributed by atoms with Crippen molar-refractivity contribution in [3.05, 3.63) is 52.5 Å². The maximum atomic E-state index is 12.5. The lowest BCUT2D eigenvalue weighted by molar-refractivity contribution is -0.133. The number of hydrogen-bond donors (Lipinski definition) is 0. The van der Waals surface area contributed by atoms with Gasteiger partial charge in [-0.2, -0.15) is 5.26 Å². The number of likely N-dealkylation sites (N-methyl/N-ethyl adjacent to an activating group) is 1. The zero-order valence-electron chi connectivity index (χ0n) is 15.5. The molecule has 1 amide bonds. The molecule has 0 radical (unpaired) electrons. The Balaban J connectivity index is 2.03. The van der Waals surface area contributed by atoms with E-state index in [0.29, 0.717) is 40.9 Å². The quantitative estimate of drug-likeness (QED) is 0.690. The summed E-state index contributed by atoms with van der Waals surface area (Å²) in [7, 11) is 3.14. The van der Waals surface area contributed by atoms with Gasteiger partial charge in [-0.05, 0) is 42.8 Å². The molecular weight excluding hydrogens is 368 g/mol. The van der Waals surface area contributed by atoms with Crippen molar-refractivity contribution in [3.63, 3.8) is 0 Å². The van der Waals surface area contributed by atoms with E-state index in [1.165, 1.54) is 6.07 Å². The SMILES string of the molecule is CCN(Cc1ccc(OC)c(OC)c1)C(=O)COc1ccc(C#N)cc1Cl. The lowest BCUT2D eigenvalue weighted by Crippen LogP contribution is -2.34. The number of halogens is 1. The first-order valence-electron chi connectivity index (χ1n) is 8.33. The van der Waals surface area contributed by atoms with E-state index in [4.69, 9.17) is 31.1 Å². The van der Waals surface area contributed by atoms with Crippen LogP contribution in [0.5, 0.6) is 17.2 Å². The van der Waals surface area contributed by atoms with Crippen LogP contribution < -0.4 is 14.2 Å². The standard InChI is InChI=1S/C20H21ClN2O4/c1-4-23(12-15-6-8-18(25-2)19(10-15)26-3)20(24)13-27-17-7-5-14(11-22)9-16(17)21/h5-10H,4,12-13H2,1-3H3. The van der Waals surface area contributed by atoms with Crippen LogP contribution in [0, 0.1) is 11.3 Å². The fourth-order valence-corrected chi connectivity index (χ4v) is 2.73. The summed E-state index contributed by atoms with van der Waals surface area (Å²) in [6.07, 6.45) is 0. The Morgan fingerprint density at radius 2 is 1.81 bits per heavy atom. The highest BCUT2D eigenvalue weighted by molar-refractivity contribution is 6.32. The van der Waals surface area contributed by atoms with Gasteiger partial charge in [-0.3, -0.25) is 4.79 Å². The number of nitriles is 1. The summed E-state index contributed by atoms with van der Waals surface area (Å²) in [5.74, 6) is 1.44. The number of hydrogen-bond acceptors (Lipinski definition) is 5. The predicted octanol–water partition coefficient (Wildman–Crippen LogP) is 3.66. The van der Waals surface area contributed by atoms with E-state index in [2.05, 4.69) is 0 Å². The van der Waals surface area contributed by atoms with Crippen molar-refractivity contribution in [2.24, 2.45) is 0 Å². The summed E-state index contributed by atoms with van der Waals surface area (Å²) in [6.45, 7) is 2.69. The number of nitrogens with zero attached hydrogens (tertiary/aromatic N) is 2. The third kappa shape index (κ3) is 5.28. The van der Waals surface area contributed by atoms with E-state index in [1.807, 2.05) is 25.1 Å². The highest BCUT2D eigenvalue weighted by Gasteiger charge is 2.15. The molecule has 0 atom stereocenters. The molecule has 0 aliphatic rings. The molecule has 0 saturated heterocycles. The van der Waals surface area contributed by atoms with Crippen LogP contribution in [0.25, 0.3) is 0 Å². The molecule has 0 heterocycles. The minimum Gasteiger partial charge on any atom is -0.493 e. The van der Waals surface area contributed by atoms with Gasteiger partial charge in [0.25, 0.3) is 5.91 Å². The predicted molar refractivity (Wildman–Crippen MR) is 102 cm³/mol. The largest absolute Gasteiger partial charge is 0.493 e. The molecule has 0 spiro atoms. The number of carbonyl (C=O) groups excluding carboxylic acids is 1. The summed E-state index contributed by atoms with van der Waals surface area (Å²) in [5, 5.41) is 9.16. The van der Waals surface area contributed by atoms with E-state index in [-0.39, 0.29) is 12.5 Å². The average Bonchev–Trinajstić information content (AvgIpc) is 2.70. The molecule has 0 aliphatic heterocycles. The second-order valence-electron chi connectivity index (χ2n) is 5.64. The average molecular weight is 389 g/mol. The van der Waals surface area contributed by atoms with Gasteiger partial charge in [0.1, 0.15) is 5.75 Å². The molecule has 6 nitrogen and oxygen atoms in total. The molecule has 0 aromatic heterocycles. The minimum atomic E-state index is -0.173. The number of amides is 1. The Morgan fingerprint density at radius 3 is 2.41 bits per heavy atom. The fraction of sp³-hybridized carbons (Fsp3) is 0.300. The third-order valence-corrected chi connectivity index (χ3v) is 4.26. The van der Waals surface area contributed by atoms with E-state index in [9.17, 15) is 4.79 Å². The van der Waals surface area contributed by atoms with Crippen LogP contribution in [0.3, 0.4) is 0 Å². The first-order chi connectivity index (χ1) is 13.0. The van der Waals surface area contributed by atoms with Crippen LogP contribution in [0.1, 0.15) is 18.1 Å². The van der Waals surface area contributed by atoms with Gasteiger partial charge in [-0.15, -0.1) is 0 Å². The first-order valence-corrected chi connectivity index (χ1v) is 8.71. The molecule has 2 aromatic rings. The molecule has 27 heavy (non-hydrogen) atoms. The van der Waals surface area contributed by atoms with Gasteiger partial charge in [0.15, 0.2) is 18.1 Å². The molecule has 0 aliphatic carbocycles. The fourth-order valence-electron chi connectivity index (χ4n) is 2.49. The van der Waals surface area contributed by atoms with E-state index in [0.717, 1.165) is 5.56 Å². The zero-order valence-corrected chi connectivity index (χ0v) is 16.2. The maximum absolute atomic E-state index is 12.5. The number of rotatable bonds is 8. The molecule has 142 valence electrons. The van der Waals surface area contributed by atoms with Crippen LogP contribution in [-0.4, -0.2) is 38.2 Å². The Morgan fingerprint density at radius 1 is 1.11 bits per heavy atom.